The van der Waals surface area contributed by atoms with Crippen molar-refractivity contribution in [3.63, 3.8) is 0 Å². The van der Waals surface area contributed by atoms with Gasteiger partial charge < -0.3 is 10.4 Å². The van der Waals surface area contributed by atoms with Crippen molar-refractivity contribution in [3.05, 3.63) is 48.0 Å². The van der Waals surface area contributed by atoms with Gasteiger partial charge in [0.05, 0.1) is 13.0 Å². The molecule has 0 aliphatic heterocycles. The second-order valence-corrected chi connectivity index (χ2v) is 4.47. The van der Waals surface area contributed by atoms with Crippen molar-refractivity contribution in [1.82, 2.24) is 5.32 Å². The largest absolute Gasteiger partial charge is 0.394 e. The Morgan fingerprint density at radius 3 is 2.72 bits per heavy atom. The van der Waals surface area contributed by atoms with Crippen LogP contribution in [-0.4, -0.2) is 23.7 Å². The van der Waals surface area contributed by atoms with Crippen LogP contribution in [0.1, 0.15) is 12.5 Å². The highest BCUT2D eigenvalue weighted by molar-refractivity contribution is 5.90. The number of aliphatic hydroxyl groups excluding tert-OH is 1. The first-order chi connectivity index (χ1) is 8.70. The summed E-state index contributed by atoms with van der Waals surface area (Å²) in [5.74, 6) is -0.0621. The number of fused-ring (bicyclic) bond motifs is 1. The number of amides is 1. The highest BCUT2D eigenvalue weighted by Crippen LogP contribution is 2.18. The van der Waals surface area contributed by atoms with Crippen molar-refractivity contribution in [3.8, 4) is 0 Å². The first-order valence-corrected chi connectivity index (χ1v) is 6.07. The van der Waals surface area contributed by atoms with Crippen molar-refractivity contribution in [2.75, 3.05) is 6.61 Å². The molecule has 0 heterocycles. The zero-order valence-corrected chi connectivity index (χ0v) is 10.4. The topological polar surface area (TPSA) is 49.3 Å². The summed E-state index contributed by atoms with van der Waals surface area (Å²) in [4.78, 5) is 11.8. The molecule has 2 aromatic carbocycles. The zero-order chi connectivity index (χ0) is 13.0. The fraction of sp³-hybridized carbons (Fsp3) is 0.267. The molecule has 1 amide bonds. The molecule has 0 saturated carbocycles. The number of carbonyl (C=O) groups excluding carboxylic acids is 1. The number of nitrogens with one attached hydrogen (secondary N) is 1. The Kier molecular flexibility index (Phi) is 3.95. The lowest BCUT2D eigenvalue weighted by molar-refractivity contribution is -0.121. The molecular formula is C15H17NO2. The molecule has 0 aliphatic rings. The summed E-state index contributed by atoms with van der Waals surface area (Å²) in [6.07, 6.45) is 0.339. The summed E-state index contributed by atoms with van der Waals surface area (Å²) in [6, 6.07) is 13.8. The molecule has 0 aliphatic carbocycles. The van der Waals surface area contributed by atoms with E-state index in [0.717, 1.165) is 16.3 Å². The predicted molar refractivity (Wildman–Crippen MR) is 72.3 cm³/mol. The minimum Gasteiger partial charge on any atom is -0.394 e. The molecule has 0 unspecified atom stereocenters. The van der Waals surface area contributed by atoms with E-state index in [0.29, 0.717) is 6.42 Å². The minimum atomic E-state index is -0.201. The summed E-state index contributed by atoms with van der Waals surface area (Å²) >= 11 is 0. The van der Waals surface area contributed by atoms with Gasteiger partial charge in [0.25, 0.3) is 0 Å². The lowest BCUT2D eigenvalue weighted by atomic mass is 10.0. The summed E-state index contributed by atoms with van der Waals surface area (Å²) in [6.45, 7) is 1.74. The van der Waals surface area contributed by atoms with E-state index >= 15 is 0 Å². The lowest BCUT2D eigenvalue weighted by Gasteiger charge is -2.11. The fourth-order valence-corrected chi connectivity index (χ4v) is 1.99. The molecule has 1 atom stereocenters. The molecule has 2 N–H and O–H groups in total. The van der Waals surface area contributed by atoms with Crippen LogP contribution in [0.5, 0.6) is 0 Å². The van der Waals surface area contributed by atoms with Crippen molar-refractivity contribution in [1.29, 1.82) is 0 Å². The Bertz CT molecular complexity index is 546. The van der Waals surface area contributed by atoms with Gasteiger partial charge >= 0.3 is 0 Å². The second-order valence-electron chi connectivity index (χ2n) is 4.47. The van der Waals surface area contributed by atoms with Gasteiger partial charge in [-0.1, -0.05) is 42.5 Å². The maximum Gasteiger partial charge on any atom is 0.224 e. The molecule has 0 aromatic heterocycles. The second kappa shape index (κ2) is 5.65. The fourth-order valence-electron chi connectivity index (χ4n) is 1.99. The highest BCUT2D eigenvalue weighted by Gasteiger charge is 2.09. The van der Waals surface area contributed by atoms with Crippen LogP contribution in [0.3, 0.4) is 0 Å². The van der Waals surface area contributed by atoms with E-state index in [1.807, 2.05) is 42.5 Å². The van der Waals surface area contributed by atoms with Gasteiger partial charge in [-0.15, -0.1) is 0 Å². The Hall–Kier alpha value is -1.87. The maximum absolute atomic E-state index is 11.8. The Morgan fingerprint density at radius 2 is 1.94 bits per heavy atom. The molecule has 0 radical (unpaired) electrons. The number of rotatable bonds is 4. The Morgan fingerprint density at radius 1 is 1.22 bits per heavy atom. The van der Waals surface area contributed by atoms with E-state index < -0.39 is 0 Å². The quantitative estimate of drug-likeness (QED) is 0.861. The average Bonchev–Trinajstić information content (AvgIpc) is 2.39. The van der Waals surface area contributed by atoms with Crippen LogP contribution >= 0.6 is 0 Å². The van der Waals surface area contributed by atoms with E-state index in [2.05, 4.69) is 5.32 Å². The summed E-state index contributed by atoms with van der Waals surface area (Å²) in [7, 11) is 0. The number of carbonyl (C=O) groups is 1. The van der Waals surface area contributed by atoms with Crippen molar-refractivity contribution in [2.45, 2.75) is 19.4 Å². The molecule has 2 rings (SSSR count). The van der Waals surface area contributed by atoms with E-state index in [-0.39, 0.29) is 18.6 Å². The molecule has 0 bridgehead atoms. The zero-order valence-electron chi connectivity index (χ0n) is 10.4. The van der Waals surface area contributed by atoms with Gasteiger partial charge in [0.2, 0.25) is 5.91 Å². The van der Waals surface area contributed by atoms with Gasteiger partial charge in [-0.05, 0) is 23.3 Å². The molecular weight excluding hydrogens is 226 g/mol. The van der Waals surface area contributed by atoms with Gasteiger partial charge in [0.1, 0.15) is 0 Å². The van der Waals surface area contributed by atoms with E-state index in [9.17, 15) is 4.79 Å². The van der Waals surface area contributed by atoms with Crippen molar-refractivity contribution < 1.29 is 9.90 Å². The van der Waals surface area contributed by atoms with Gasteiger partial charge in [-0.25, -0.2) is 0 Å². The van der Waals surface area contributed by atoms with Gasteiger partial charge in [-0.2, -0.15) is 0 Å². The lowest BCUT2D eigenvalue weighted by Crippen LogP contribution is -2.36. The van der Waals surface area contributed by atoms with E-state index in [4.69, 9.17) is 5.11 Å². The third-order valence-corrected chi connectivity index (χ3v) is 2.91. The van der Waals surface area contributed by atoms with Crippen LogP contribution in [0.2, 0.25) is 0 Å². The molecule has 0 spiro atoms. The van der Waals surface area contributed by atoms with Gasteiger partial charge in [0, 0.05) is 6.04 Å². The maximum atomic E-state index is 11.8. The van der Waals surface area contributed by atoms with Crippen LogP contribution in [0.15, 0.2) is 42.5 Å². The highest BCUT2D eigenvalue weighted by atomic mass is 16.3. The molecule has 0 saturated heterocycles. The van der Waals surface area contributed by atoms with Crippen LogP contribution in [0.4, 0.5) is 0 Å². The number of aliphatic hydroxyl groups is 1. The summed E-state index contributed by atoms with van der Waals surface area (Å²) < 4.78 is 0. The third kappa shape index (κ3) is 2.87. The SMILES string of the molecule is C[C@H](CO)NC(=O)Cc1cccc2ccccc12. The Labute approximate surface area is 106 Å². The first-order valence-electron chi connectivity index (χ1n) is 6.07. The van der Waals surface area contributed by atoms with Crippen molar-refractivity contribution >= 4 is 16.7 Å². The van der Waals surface area contributed by atoms with Crippen LogP contribution in [-0.2, 0) is 11.2 Å². The summed E-state index contributed by atoms with van der Waals surface area (Å²) in [5.41, 5.74) is 1.01. The molecule has 0 fully saturated rings. The standard InChI is InChI=1S/C15H17NO2/c1-11(10-17)16-15(18)9-13-7-4-6-12-5-2-3-8-14(12)13/h2-8,11,17H,9-10H2,1H3,(H,16,18)/t11-/m1/s1. The van der Waals surface area contributed by atoms with Crippen LogP contribution < -0.4 is 5.32 Å². The molecule has 18 heavy (non-hydrogen) atoms. The van der Waals surface area contributed by atoms with Crippen LogP contribution in [0, 0.1) is 0 Å². The van der Waals surface area contributed by atoms with Crippen molar-refractivity contribution in [2.24, 2.45) is 0 Å². The Balaban J connectivity index is 2.19. The molecule has 2 aromatic rings. The third-order valence-electron chi connectivity index (χ3n) is 2.91. The predicted octanol–water partition coefficient (Wildman–Crippen LogP) is 1.88. The first kappa shape index (κ1) is 12.6. The van der Waals surface area contributed by atoms with E-state index in [1.165, 1.54) is 0 Å². The minimum absolute atomic E-state index is 0.0404. The van der Waals surface area contributed by atoms with Gasteiger partial charge in [-0.3, -0.25) is 4.79 Å². The summed E-state index contributed by atoms with van der Waals surface area (Å²) in [5, 5.41) is 13.9. The average molecular weight is 243 g/mol. The number of hydrogen-bond acceptors (Lipinski definition) is 2. The van der Waals surface area contributed by atoms with Gasteiger partial charge in [0.15, 0.2) is 0 Å². The number of hydrogen-bond donors (Lipinski definition) is 2. The molecule has 3 nitrogen and oxygen atoms in total. The normalized spacial score (nSPS) is 12.3. The van der Waals surface area contributed by atoms with E-state index in [1.54, 1.807) is 6.92 Å². The molecule has 94 valence electrons. The molecule has 3 heteroatoms. The monoisotopic (exact) mass is 243 g/mol. The number of benzene rings is 2. The smallest absolute Gasteiger partial charge is 0.224 e. The van der Waals surface area contributed by atoms with Crippen LogP contribution in [0.25, 0.3) is 10.8 Å².